The van der Waals surface area contributed by atoms with Crippen LogP contribution in [0.1, 0.15) is 23.6 Å². The smallest absolute Gasteiger partial charge is 0.331 e. The number of ether oxygens (including phenoxy) is 1. The van der Waals surface area contributed by atoms with Crippen LogP contribution in [-0.2, 0) is 9.53 Å². The van der Waals surface area contributed by atoms with E-state index in [0.29, 0.717) is 5.56 Å². The number of fused-ring (bicyclic) bond motifs is 1. The normalized spacial score (nSPS) is 12.4. The molecule has 0 aliphatic rings. The Kier molecular flexibility index (Phi) is 4.85. The monoisotopic (exact) mass is 354 g/mol. The molecule has 0 aliphatic heterocycles. The average Bonchev–Trinajstić information content (AvgIpc) is 3.04. The minimum atomic E-state index is -0.495. The molecule has 25 heavy (non-hydrogen) atoms. The van der Waals surface area contributed by atoms with E-state index in [0.717, 1.165) is 15.2 Å². The summed E-state index contributed by atoms with van der Waals surface area (Å²) in [5.74, 6) is -0.495. The second kappa shape index (κ2) is 7.23. The third-order valence-corrected chi connectivity index (χ3v) is 4.66. The molecule has 0 unspecified atom stereocenters. The number of nitro benzene ring substituents is 1. The zero-order valence-electron chi connectivity index (χ0n) is 13.3. The topological polar surface area (TPSA) is 82.3 Å². The number of carbonyl (C=O) groups is 1. The van der Waals surface area contributed by atoms with Crippen LogP contribution in [-0.4, -0.2) is 15.9 Å². The largest absolute Gasteiger partial charge is 0.452 e. The SMILES string of the molecule is C[C@H](OC(=O)/C=C/c1ccc([N+](=O)[O-])cc1)c1nc2ccccc2s1. The number of hydrogen-bond acceptors (Lipinski definition) is 6. The molecule has 3 rings (SSSR count). The Morgan fingerprint density at radius 3 is 2.64 bits per heavy atom. The summed E-state index contributed by atoms with van der Waals surface area (Å²) in [7, 11) is 0. The van der Waals surface area contributed by atoms with Crippen molar-refractivity contribution in [3.8, 4) is 0 Å². The van der Waals surface area contributed by atoms with Crippen molar-refractivity contribution in [2.45, 2.75) is 13.0 Å². The summed E-state index contributed by atoms with van der Waals surface area (Å²) in [6.07, 6.45) is 2.40. The fraction of sp³-hybridized carbons (Fsp3) is 0.111. The van der Waals surface area contributed by atoms with Crippen molar-refractivity contribution in [2.75, 3.05) is 0 Å². The van der Waals surface area contributed by atoms with Crippen molar-refractivity contribution >= 4 is 39.3 Å². The number of nitrogens with zero attached hydrogens (tertiary/aromatic N) is 2. The fourth-order valence-corrected chi connectivity index (χ4v) is 3.15. The van der Waals surface area contributed by atoms with Crippen LogP contribution in [0.25, 0.3) is 16.3 Å². The highest BCUT2D eigenvalue weighted by Gasteiger charge is 2.14. The van der Waals surface area contributed by atoms with E-state index in [1.165, 1.54) is 29.5 Å². The number of thiazole rings is 1. The Hall–Kier alpha value is -3.06. The van der Waals surface area contributed by atoms with Crippen LogP contribution in [0.5, 0.6) is 0 Å². The van der Waals surface area contributed by atoms with Gasteiger partial charge in [0, 0.05) is 18.2 Å². The lowest BCUT2D eigenvalue weighted by Crippen LogP contribution is -2.05. The van der Waals surface area contributed by atoms with Gasteiger partial charge in [-0.2, -0.15) is 0 Å². The molecule has 1 aromatic heterocycles. The molecular weight excluding hydrogens is 340 g/mol. The van der Waals surface area contributed by atoms with Crippen LogP contribution in [0, 0.1) is 10.1 Å². The third-order valence-electron chi connectivity index (χ3n) is 3.47. The lowest BCUT2D eigenvalue weighted by Gasteiger charge is -2.08. The van der Waals surface area contributed by atoms with Gasteiger partial charge in [-0.15, -0.1) is 11.3 Å². The zero-order chi connectivity index (χ0) is 17.8. The van der Waals surface area contributed by atoms with Crippen LogP contribution < -0.4 is 0 Å². The van der Waals surface area contributed by atoms with Gasteiger partial charge < -0.3 is 4.74 Å². The number of nitro groups is 1. The number of rotatable bonds is 5. The number of esters is 1. The van der Waals surface area contributed by atoms with E-state index in [2.05, 4.69) is 4.98 Å². The van der Waals surface area contributed by atoms with E-state index in [-0.39, 0.29) is 5.69 Å². The molecule has 0 amide bonds. The van der Waals surface area contributed by atoms with Gasteiger partial charge >= 0.3 is 5.97 Å². The van der Waals surface area contributed by atoms with Crippen molar-refractivity contribution < 1.29 is 14.5 Å². The van der Waals surface area contributed by atoms with Crippen LogP contribution in [0.15, 0.2) is 54.6 Å². The number of aromatic nitrogens is 1. The van der Waals surface area contributed by atoms with Gasteiger partial charge in [0.25, 0.3) is 5.69 Å². The van der Waals surface area contributed by atoms with Crippen LogP contribution >= 0.6 is 11.3 Å². The van der Waals surface area contributed by atoms with Crippen LogP contribution in [0.3, 0.4) is 0 Å². The van der Waals surface area contributed by atoms with E-state index in [1.54, 1.807) is 25.1 Å². The summed E-state index contributed by atoms with van der Waals surface area (Å²) >= 11 is 1.49. The molecule has 0 aliphatic carbocycles. The number of para-hydroxylation sites is 1. The van der Waals surface area contributed by atoms with Crippen molar-refractivity contribution in [3.05, 3.63) is 75.3 Å². The van der Waals surface area contributed by atoms with Gasteiger partial charge in [-0.05, 0) is 42.8 Å². The summed E-state index contributed by atoms with van der Waals surface area (Å²) in [6.45, 7) is 1.77. The van der Waals surface area contributed by atoms with Crippen molar-refractivity contribution in [1.82, 2.24) is 4.98 Å². The molecule has 0 saturated carbocycles. The maximum Gasteiger partial charge on any atom is 0.331 e. The molecule has 0 bridgehead atoms. The summed E-state index contributed by atoms with van der Waals surface area (Å²) in [6, 6.07) is 13.6. The first kappa shape index (κ1) is 16.8. The van der Waals surface area contributed by atoms with Gasteiger partial charge in [0.2, 0.25) is 0 Å². The number of non-ortho nitro benzene ring substituents is 1. The van der Waals surface area contributed by atoms with Gasteiger partial charge in [0.15, 0.2) is 6.10 Å². The molecule has 3 aromatic rings. The average molecular weight is 354 g/mol. The van der Waals surface area contributed by atoms with Gasteiger partial charge in [0.1, 0.15) is 5.01 Å². The quantitative estimate of drug-likeness (QED) is 0.291. The molecule has 0 N–H and O–H groups in total. The Bertz CT molecular complexity index is 914. The summed E-state index contributed by atoms with van der Waals surface area (Å²) in [5.41, 5.74) is 1.56. The summed E-state index contributed by atoms with van der Waals surface area (Å²) in [5, 5.41) is 11.3. The maximum atomic E-state index is 12.0. The molecule has 126 valence electrons. The van der Waals surface area contributed by atoms with E-state index in [4.69, 9.17) is 4.74 Å². The minimum Gasteiger partial charge on any atom is -0.452 e. The first-order valence-corrected chi connectivity index (χ1v) is 8.33. The molecule has 6 nitrogen and oxygen atoms in total. The molecule has 7 heteroatoms. The van der Waals surface area contributed by atoms with E-state index in [1.807, 2.05) is 24.3 Å². The van der Waals surface area contributed by atoms with Crippen LogP contribution in [0.4, 0.5) is 5.69 Å². The Morgan fingerprint density at radius 2 is 1.96 bits per heavy atom. The predicted molar refractivity (Wildman–Crippen MR) is 96.3 cm³/mol. The second-order valence-corrected chi connectivity index (χ2v) is 6.34. The van der Waals surface area contributed by atoms with Crippen molar-refractivity contribution in [2.24, 2.45) is 0 Å². The first-order valence-electron chi connectivity index (χ1n) is 7.51. The standard InChI is InChI=1S/C18H14N2O4S/c1-12(18-19-15-4-2-3-5-16(15)25-18)24-17(21)11-8-13-6-9-14(10-7-13)20(22)23/h2-12H,1H3/b11-8+/t12-/m0/s1. The maximum absolute atomic E-state index is 12.0. The molecule has 0 saturated heterocycles. The summed E-state index contributed by atoms with van der Waals surface area (Å²) < 4.78 is 6.41. The fourth-order valence-electron chi connectivity index (χ4n) is 2.20. The van der Waals surface area contributed by atoms with E-state index >= 15 is 0 Å². The number of hydrogen-bond donors (Lipinski definition) is 0. The lowest BCUT2D eigenvalue weighted by atomic mass is 10.2. The molecule has 1 heterocycles. The highest BCUT2D eigenvalue weighted by molar-refractivity contribution is 7.18. The minimum absolute atomic E-state index is 0.00387. The second-order valence-electron chi connectivity index (χ2n) is 5.28. The zero-order valence-corrected chi connectivity index (χ0v) is 14.1. The van der Waals surface area contributed by atoms with Gasteiger partial charge in [-0.1, -0.05) is 12.1 Å². The molecule has 1 atom stereocenters. The number of benzene rings is 2. The lowest BCUT2D eigenvalue weighted by molar-refractivity contribution is -0.384. The Balaban J connectivity index is 1.63. The van der Waals surface area contributed by atoms with Gasteiger partial charge in [0.05, 0.1) is 15.1 Å². The summed E-state index contributed by atoms with van der Waals surface area (Å²) in [4.78, 5) is 26.6. The highest BCUT2D eigenvalue weighted by Crippen LogP contribution is 2.28. The van der Waals surface area contributed by atoms with E-state index in [9.17, 15) is 14.9 Å². The third kappa shape index (κ3) is 4.07. The van der Waals surface area contributed by atoms with Gasteiger partial charge in [-0.3, -0.25) is 10.1 Å². The highest BCUT2D eigenvalue weighted by atomic mass is 32.1. The van der Waals surface area contributed by atoms with Gasteiger partial charge in [-0.25, -0.2) is 9.78 Å². The Labute approximate surface area is 147 Å². The molecule has 0 spiro atoms. The number of carbonyl (C=O) groups excluding carboxylic acids is 1. The molecule has 2 aromatic carbocycles. The molecule has 0 radical (unpaired) electrons. The first-order chi connectivity index (χ1) is 12.0. The van der Waals surface area contributed by atoms with Crippen molar-refractivity contribution in [3.63, 3.8) is 0 Å². The van der Waals surface area contributed by atoms with Crippen LogP contribution in [0.2, 0.25) is 0 Å². The van der Waals surface area contributed by atoms with E-state index < -0.39 is 17.0 Å². The molecule has 0 fully saturated rings. The Morgan fingerprint density at radius 1 is 1.24 bits per heavy atom. The molecular formula is C18H14N2O4S. The predicted octanol–water partition coefficient (Wildman–Crippen LogP) is 4.52. The van der Waals surface area contributed by atoms with Crippen molar-refractivity contribution in [1.29, 1.82) is 0 Å².